The first-order valence-electron chi connectivity index (χ1n) is 6.63. The average molecular weight is 297 g/mol. The minimum atomic E-state index is -3.59. The molecule has 0 spiro atoms. The molecular formula is C14H19NO4S. The third kappa shape index (κ3) is 3.37. The lowest BCUT2D eigenvalue weighted by molar-refractivity contribution is 0.0600. The largest absolute Gasteiger partial charge is 0.465 e. The SMILES string of the molecule is COC(=O)c1cccc(S(=O)(=O)NC2CCC(C)C2)c1. The lowest BCUT2D eigenvalue weighted by Crippen LogP contribution is -2.33. The molecule has 2 atom stereocenters. The monoisotopic (exact) mass is 297 g/mol. The second kappa shape index (κ2) is 5.93. The maximum atomic E-state index is 12.3. The molecule has 0 bridgehead atoms. The first-order valence-corrected chi connectivity index (χ1v) is 8.11. The van der Waals surface area contributed by atoms with Crippen molar-refractivity contribution in [1.82, 2.24) is 4.72 Å². The lowest BCUT2D eigenvalue weighted by Gasteiger charge is -2.13. The summed E-state index contributed by atoms with van der Waals surface area (Å²) in [7, 11) is -2.32. The number of ether oxygens (including phenoxy) is 1. The van der Waals surface area contributed by atoms with Gasteiger partial charge in [0.25, 0.3) is 0 Å². The van der Waals surface area contributed by atoms with Crippen LogP contribution in [0.5, 0.6) is 0 Å². The number of carbonyl (C=O) groups excluding carboxylic acids is 1. The first kappa shape index (κ1) is 15.0. The van der Waals surface area contributed by atoms with Gasteiger partial charge in [0.05, 0.1) is 17.6 Å². The van der Waals surface area contributed by atoms with Crippen LogP contribution in [0.15, 0.2) is 29.2 Å². The van der Waals surface area contributed by atoms with Crippen LogP contribution in [-0.2, 0) is 14.8 Å². The molecule has 1 fully saturated rings. The third-order valence-electron chi connectivity index (χ3n) is 3.58. The van der Waals surface area contributed by atoms with Gasteiger partial charge >= 0.3 is 5.97 Å². The van der Waals surface area contributed by atoms with E-state index >= 15 is 0 Å². The molecule has 5 nitrogen and oxygen atoms in total. The summed E-state index contributed by atoms with van der Waals surface area (Å²) < 4.78 is 31.9. The van der Waals surface area contributed by atoms with Crippen molar-refractivity contribution >= 4 is 16.0 Å². The van der Waals surface area contributed by atoms with Gasteiger partial charge in [-0.25, -0.2) is 17.9 Å². The van der Waals surface area contributed by atoms with Crippen molar-refractivity contribution in [3.8, 4) is 0 Å². The molecule has 0 aromatic heterocycles. The Morgan fingerprint density at radius 2 is 2.10 bits per heavy atom. The van der Waals surface area contributed by atoms with E-state index in [-0.39, 0.29) is 16.5 Å². The molecule has 0 saturated heterocycles. The van der Waals surface area contributed by atoms with Crippen LogP contribution in [0.3, 0.4) is 0 Å². The highest BCUT2D eigenvalue weighted by atomic mass is 32.2. The van der Waals surface area contributed by atoms with E-state index in [1.165, 1.54) is 31.4 Å². The summed E-state index contributed by atoms with van der Waals surface area (Å²) in [6.45, 7) is 2.12. The normalized spacial score (nSPS) is 22.7. The van der Waals surface area contributed by atoms with Crippen LogP contribution in [0.25, 0.3) is 0 Å². The predicted octanol–water partition coefficient (Wildman–Crippen LogP) is 1.94. The van der Waals surface area contributed by atoms with Gasteiger partial charge in [0.2, 0.25) is 10.0 Å². The Kier molecular flexibility index (Phi) is 4.45. The molecule has 20 heavy (non-hydrogen) atoms. The molecule has 110 valence electrons. The number of rotatable bonds is 4. The van der Waals surface area contributed by atoms with Gasteiger partial charge in [-0.2, -0.15) is 0 Å². The Morgan fingerprint density at radius 3 is 2.70 bits per heavy atom. The fourth-order valence-corrected chi connectivity index (χ4v) is 3.84. The molecule has 1 aromatic rings. The summed E-state index contributed by atoms with van der Waals surface area (Å²) in [6, 6.07) is 5.87. The van der Waals surface area contributed by atoms with Crippen LogP contribution < -0.4 is 4.72 Å². The van der Waals surface area contributed by atoms with Crippen molar-refractivity contribution in [3.63, 3.8) is 0 Å². The van der Waals surface area contributed by atoms with Crippen molar-refractivity contribution in [2.24, 2.45) is 5.92 Å². The summed E-state index contributed by atoms with van der Waals surface area (Å²) in [4.78, 5) is 11.5. The van der Waals surface area contributed by atoms with Crippen LogP contribution in [-0.4, -0.2) is 27.5 Å². The van der Waals surface area contributed by atoms with Gasteiger partial charge < -0.3 is 4.74 Å². The van der Waals surface area contributed by atoms with Gasteiger partial charge in [0, 0.05) is 6.04 Å². The van der Waals surface area contributed by atoms with Gasteiger partial charge in [-0.3, -0.25) is 0 Å². The van der Waals surface area contributed by atoms with Crippen molar-refractivity contribution in [3.05, 3.63) is 29.8 Å². The van der Waals surface area contributed by atoms with Crippen LogP contribution in [0.4, 0.5) is 0 Å². The minimum absolute atomic E-state index is 0.0169. The highest BCUT2D eigenvalue weighted by Gasteiger charge is 2.26. The van der Waals surface area contributed by atoms with Crippen LogP contribution in [0, 0.1) is 5.92 Å². The van der Waals surface area contributed by atoms with Gasteiger partial charge in [-0.05, 0) is 43.4 Å². The number of methoxy groups -OCH3 is 1. The second-order valence-corrected chi connectivity index (χ2v) is 6.97. The molecular weight excluding hydrogens is 278 g/mol. The zero-order valence-corrected chi connectivity index (χ0v) is 12.4. The van der Waals surface area contributed by atoms with E-state index in [0.29, 0.717) is 5.92 Å². The number of hydrogen-bond acceptors (Lipinski definition) is 4. The zero-order chi connectivity index (χ0) is 14.8. The van der Waals surface area contributed by atoms with Crippen molar-refractivity contribution < 1.29 is 17.9 Å². The van der Waals surface area contributed by atoms with E-state index in [2.05, 4.69) is 16.4 Å². The molecule has 1 aliphatic carbocycles. The van der Waals surface area contributed by atoms with E-state index in [1.807, 2.05) is 0 Å². The molecule has 1 saturated carbocycles. The highest BCUT2D eigenvalue weighted by molar-refractivity contribution is 7.89. The maximum Gasteiger partial charge on any atom is 0.337 e. The standard InChI is InChI=1S/C14H19NO4S/c1-10-6-7-12(8-10)15-20(17,18)13-5-3-4-11(9-13)14(16)19-2/h3-5,9-10,12,15H,6-8H2,1-2H3. The number of sulfonamides is 1. The molecule has 0 aliphatic heterocycles. The van der Waals surface area contributed by atoms with E-state index in [4.69, 9.17) is 0 Å². The molecule has 1 aromatic carbocycles. The fourth-order valence-electron chi connectivity index (χ4n) is 2.51. The summed E-state index contributed by atoms with van der Waals surface area (Å²) >= 11 is 0. The Balaban J connectivity index is 2.19. The molecule has 6 heteroatoms. The second-order valence-electron chi connectivity index (χ2n) is 5.26. The molecule has 0 heterocycles. The summed E-state index contributed by atoms with van der Waals surface area (Å²) in [5.41, 5.74) is 0.232. The summed E-state index contributed by atoms with van der Waals surface area (Å²) in [6.07, 6.45) is 2.75. The maximum absolute atomic E-state index is 12.3. The molecule has 1 N–H and O–H groups in total. The number of benzene rings is 1. The third-order valence-corrected chi connectivity index (χ3v) is 5.10. The van der Waals surface area contributed by atoms with Crippen molar-refractivity contribution in [2.75, 3.05) is 7.11 Å². The van der Waals surface area contributed by atoms with Crippen molar-refractivity contribution in [2.45, 2.75) is 37.1 Å². The van der Waals surface area contributed by atoms with Gasteiger partial charge in [0.15, 0.2) is 0 Å². The Morgan fingerprint density at radius 1 is 1.35 bits per heavy atom. The van der Waals surface area contributed by atoms with E-state index in [0.717, 1.165) is 19.3 Å². The lowest BCUT2D eigenvalue weighted by atomic mass is 10.1. The number of hydrogen-bond donors (Lipinski definition) is 1. The van der Waals surface area contributed by atoms with Crippen LogP contribution in [0.2, 0.25) is 0 Å². The van der Waals surface area contributed by atoms with E-state index < -0.39 is 16.0 Å². The predicted molar refractivity (Wildman–Crippen MR) is 74.9 cm³/mol. The number of carbonyl (C=O) groups is 1. The van der Waals surface area contributed by atoms with Crippen LogP contribution in [0.1, 0.15) is 36.5 Å². The molecule has 0 amide bonds. The molecule has 1 aliphatic rings. The number of nitrogens with one attached hydrogen (secondary N) is 1. The highest BCUT2D eigenvalue weighted by Crippen LogP contribution is 2.26. The quantitative estimate of drug-likeness (QED) is 0.862. The molecule has 2 rings (SSSR count). The smallest absolute Gasteiger partial charge is 0.337 e. The van der Waals surface area contributed by atoms with E-state index in [1.54, 1.807) is 0 Å². The van der Waals surface area contributed by atoms with Gasteiger partial charge in [-0.15, -0.1) is 0 Å². The first-order chi connectivity index (χ1) is 9.42. The van der Waals surface area contributed by atoms with Gasteiger partial charge in [-0.1, -0.05) is 13.0 Å². The zero-order valence-electron chi connectivity index (χ0n) is 11.6. The van der Waals surface area contributed by atoms with Crippen LogP contribution >= 0.6 is 0 Å². The minimum Gasteiger partial charge on any atom is -0.465 e. The Bertz CT molecular complexity index is 597. The summed E-state index contributed by atoms with van der Waals surface area (Å²) in [5.74, 6) is 0.000595. The summed E-state index contributed by atoms with van der Waals surface area (Å²) in [5, 5.41) is 0. The van der Waals surface area contributed by atoms with Gasteiger partial charge in [0.1, 0.15) is 0 Å². The Hall–Kier alpha value is -1.40. The number of esters is 1. The topological polar surface area (TPSA) is 72.5 Å². The molecule has 0 radical (unpaired) electrons. The Labute approximate surface area is 119 Å². The van der Waals surface area contributed by atoms with Crippen molar-refractivity contribution in [1.29, 1.82) is 0 Å². The fraction of sp³-hybridized carbons (Fsp3) is 0.500. The van der Waals surface area contributed by atoms with E-state index in [9.17, 15) is 13.2 Å². The average Bonchev–Trinajstić information content (AvgIpc) is 2.82. The molecule has 2 unspecified atom stereocenters.